The first-order chi connectivity index (χ1) is 14.7. The number of imide groups is 1. The van der Waals surface area contributed by atoms with Crippen molar-refractivity contribution < 1.29 is 24.1 Å². The summed E-state index contributed by atoms with van der Waals surface area (Å²) >= 11 is 0. The topological polar surface area (TPSA) is 151 Å². The van der Waals surface area contributed by atoms with Gasteiger partial charge in [0.2, 0.25) is 5.91 Å². The number of rotatable bonds is 6. The lowest BCUT2D eigenvalue weighted by Gasteiger charge is -2.22. The predicted molar refractivity (Wildman–Crippen MR) is 109 cm³/mol. The van der Waals surface area contributed by atoms with E-state index in [9.17, 15) is 29.3 Å². The highest BCUT2D eigenvalue weighted by atomic mass is 16.6. The normalized spacial score (nSPS) is 17.8. The van der Waals surface area contributed by atoms with Gasteiger partial charge in [-0.1, -0.05) is 0 Å². The third-order valence-electron chi connectivity index (χ3n) is 4.89. The molecule has 160 valence electrons. The zero-order valence-corrected chi connectivity index (χ0v) is 16.7. The molecule has 0 aromatic heterocycles. The van der Waals surface area contributed by atoms with Crippen LogP contribution in [-0.2, 0) is 15.1 Å². The molecule has 1 heterocycles. The number of carbonyl (C=O) groups is 4. The molecule has 5 amide bonds. The highest BCUT2D eigenvalue weighted by Gasteiger charge is 2.49. The number of carbonyl (C=O) groups excluding carboxylic acids is 4. The lowest BCUT2D eigenvalue weighted by molar-refractivity contribution is -0.384. The Morgan fingerprint density at radius 3 is 2.26 bits per heavy atom. The second-order valence-electron chi connectivity index (χ2n) is 6.96. The number of urea groups is 1. The van der Waals surface area contributed by atoms with Crippen LogP contribution in [0.15, 0.2) is 48.5 Å². The van der Waals surface area contributed by atoms with Gasteiger partial charge >= 0.3 is 6.03 Å². The minimum Gasteiger partial charge on any atom is -0.355 e. The molecule has 1 atom stereocenters. The molecule has 2 aromatic carbocycles. The maximum absolute atomic E-state index is 12.9. The van der Waals surface area contributed by atoms with Gasteiger partial charge < -0.3 is 16.0 Å². The van der Waals surface area contributed by atoms with Crippen molar-refractivity contribution in [2.45, 2.75) is 12.5 Å². The average Bonchev–Trinajstić information content (AvgIpc) is 2.97. The van der Waals surface area contributed by atoms with Crippen molar-refractivity contribution in [1.82, 2.24) is 15.5 Å². The number of nitro benzene ring substituents is 1. The average molecular weight is 425 g/mol. The van der Waals surface area contributed by atoms with Crippen LogP contribution < -0.4 is 16.0 Å². The van der Waals surface area contributed by atoms with E-state index < -0.39 is 34.9 Å². The first-order valence-electron chi connectivity index (χ1n) is 9.16. The SMILES string of the molecule is CNC(=O)c1ccc(NC(=O)CN2C(=O)N[C@@](C)(c3ccc([N+](=O)[O-])cc3)C2=O)cc1. The third-order valence-corrected chi connectivity index (χ3v) is 4.89. The van der Waals surface area contributed by atoms with E-state index >= 15 is 0 Å². The van der Waals surface area contributed by atoms with Gasteiger partial charge in [-0.05, 0) is 48.9 Å². The molecule has 2 aromatic rings. The third kappa shape index (κ3) is 4.20. The maximum Gasteiger partial charge on any atom is 0.325 e. The van der Waals surface area contributed by atoms with Crippen molar-refractivity contribution in [1.29, 1.82) is 0 Å². The van der Waals surface area contributed by atoms with Crippen LogP contribution in [0, 0.1) is 10.1 Å². The lowest BCUT2D eigenvalue weighted by Crippen LogP contribution is -2.42. The maximum atomic E-state index is 12.9. The van der Waals surface area contributed by atoms with E-state index in [0.29, 0.717) is 16.8 Å². The molecule has 3 N–H and O–H groups in total. The first-order valence-corrected chi connectivity index (χ1v) is 9.16. The Bertz CT molecular complexity index is 1070. The van der Waals surface area contributed by atoms with Crippen molar-refractivity contribution >= 4 is 35.1 Å². The first kappa shape index (κ1) is 21.4. The molecule has 1 aliphatic rings. The Hall–Kier alpha value is -4.28. The molecule has 3 rings (SSSR count). The number of nitro groups is 1. The van der Waals surface area contributed by atoms with E-state index in [0.717, 1.165) is 4.90 Å². The van der Waals surface area contributed by atoms with Gasteiger partial charge in [-0.25, -0.2) is 4.79 Å². The Morgan fingerprint density at radius 1 is 1.10 bits per heavy atom. The monoisotopic (exact) mass is 425 g/mol. The molecular weight excluding hydrogens is 406 g/mol. The molecule has 11 heteroatoms. The number of nitrogens with one attached hydrogen (secondary N) is 3. The van der Waals surface area contributed by atoms with Crippen molar-refractivity contribution in [2.75, 3.05) is 18.9 Å². The largest absolute Gasteiger partial charge is 0.355 e. The van der Waals surface area contributed by atoms with Gasteiger partial charge in [0.15, 0.2) is 0 Å². The molecule has 31 heavy (non-hydrogen) atoms. The summed E-state index contributed by atoms with van der Waals surface area (Å²) in [6.07, 6.45) is 0. The van der Waals surface area contributed by atoms with Crippen molar-refractivity contribution in [3.05, 3.63) is 69.8 Å². The van der Waals surface area contributed by atoms with E-state index in [-0.39, 0.29) is 11.6 Å². The zero-order valence-electron chi connectivity index (χ0n) is 16.7. The van der Waals surface area contributed by atoms with E-state index in [1.54, 1.807) is 0 Å². The molecule has 11 nitrogen and oxygen atoms in total. The van der Waals surface area contributed by atoms with Crippen LogP contribution in [0.2, 0.25) is 0 Å². The molecule has 0 saturated carbocycles. The van der Waals surface area contributed by atoms with Crippen LogP contribution in [0.1, 0.15) is 22.8 Å². The molecule has 1 saturated heterocycles. The number of nitrogens with zero attached hydrogens (tertiary/aromatic N) is 2. The number of non-ortho nitro benzene ring substituents is 1. The standard InChI is InChI=1S/C20H19N5O6/c1-20(13-5-9-15(10-6-13)25(30)31)18(28)24(19(29)23-20)11-16(26)22-14-7-3-12(4-8-14)17(27)21-2/h3-10H,11H2,1-2H3,(H,21,27)(H,22,26)(H,23,29)/t20-/m0/s1. The smallest absolute Gasteiger partial charge is 0.325 e. The second kappa shape index (κ2) is 8.22. The number of amides is 5. The summed E-state index contributed by atoms with van der Waals surface area (Å²) in [5.74, 6) is -1.54. The Kier molecular flexibility index (Phi) is 5.68. The molecule has 1 fully saturated rings. The van der Waals surface area contributed by atoms with Crippen LogP contribution >= 0.6 is 0 Å². The second-order valence-corrected chi connectivity index (χ2v) is 6.96. The lowest BCUT2D eigenvalue weighted by atomic mass is 9.92. The fraction of sp³-hybridized carbons (Fsp3) is 0.200. The van der Waals surface area contributed by atoms with Gasteiger partial charge in [0.1, 0.15) is 12.1 Å². The van der Waals surface area contributed by atoms with E-state index in [1.807, 2.05) is 0 Å². The van der Waals surface area contributed by atoms with E-state index in [1.165, 1.54) is 62.5 Å². The molecule has 0 spiro atoms. The number of benzene rings is 2. The summed E-state index contributed by atoms with van der Waals surface area (Å²) < 4.78 is 0. The van der Waals surface area contributed by atoms with Crippen molar-refractivity contribution in [3.63, 3.8) is 0 Å². The minimum absolute atomic E-state index is 0.150. The van der Waals surface area contributed by atoms with Crippen LogP contribution in [0.5, 0.6) is 0 Å². The number of hydrogen-bond donors (Lipinski definition) is 3. The fourth-order valence-electron chi connectivity index (χ4n) is 3.15. The van der Waals surface area contributed by atoms with Gasteiger partial charge in [0.25, 0.3) is 17.5 Å². The van der Waals surface area contributed by atoms with Gasteiger partial charge in [-0.3, -0.25) is 29.4 Å². The summed E-state index contributed by atoms with van der Waals surface area (Å²) in [6.45, 7) is 0.939. The fourth-order valence-corrected chi connectivity index (χ4v) is 3.15. The predicted octanol–water partition coefficient (Wildman–Crippen LogP) is 1.36. The highest BCUT2D eigenvalue weighted by Crippen LogP contribution is 2.30. The van der Waals surface area contributed by atoms with Crippen LogP contribution in [0.4, 0.5) is 16.2 Å². The Morgan fingerprint density at radius 2 is 1.71 bits per heavy atom. The summed E-state index contributed by atoms with van der Waals surface area (Å²) in [7, 11) is 1.50. The summed E-state index contributed by atoms with van der Waals surface area (Å²) in [4.78, 5) is 60.2. The highest BCUT2D eigenvalue weighted by molar-refractivity contribution is 6.10. The van der Waals surface area contributed by atoms with E-state index in [2.05, 4.69) is 16.0 Å². The molecule has 0 radical (unpaired) electrons. The van der Waals surface area contributed by atoms with Gasteiger partial charge in [-0.15, -0.1) is 0 Å². The minimum atomic E-state index is -1.46. The van der Waals surface area contributed by atoms with Crippen molar-refractivity contribution in [3.8, 4) is 0 Å². The molecular formula is C20H19N5O6. The van der Waals surface area contributed by atoms with Gasteiger partial charge in [0, 0.05) is 30.4 Å². The molecule has 0 aliphatic carbocycles. The quantitative estimate of drug-likeness (QED) is 0.361. The van der Waals surface area contributed by atoms with Crippen LogP contribution in [0.3, 0.4) is 0 Å². The van der Waals surface area contributed by atoms with Gasteiger partial charge in [0.05, 0.1) is 4.92 Å². The Balaban J connectivity index is 1.70. The molecule has 0 bridgehead atoms. The summed E-state index contributed by atoms with van der Waals surface area (Å²) in [6, 6.07) is 10.6. The van der Waals surface area contributed by atoms with E-state index in [4.69, 9.17) is 0 Å². The zero-order chi connectivity index (χ0) is 22.8. The molecule has 0 unspecified atom stereocenters. The Labute approximate surface area is 176 Å². The number of anilines is 1. The number of hydrogen-bond acceptors (Lipinski definition) is 6. The van der Waals surface area contributed by atoms with Crippen LogP contribution in [0.25, 0.3) is 0 Å². The van der Waals surface area contributed by atoms with Crippen LogP contribution in [-0.4, -0.2) is 47.2 Å². The summed E-state index contributed by atoms with van der Waals surface area (Å²) in [5, 5.41) is 18.4. The van der Waals surface area contributed by atoms with Gasteiger partial charge in [-0.2, -0.15) is 0 Å². The summed E-state index contributed by atoms with van der Waals surface area (Å²) in [5.41, 5.74) is -0.454. The molecule has 1 aliphatic heterocycles. The van der Waals surface area contributed by atoms with Crippen molar-refractivity contribution in [2.24, 2.45) is 0 Å².